The van der Waals surface area contributed by atoms with Gasteiger partial charge in [0.05, 0.1) is 16.9 Å². The molecule has 0 spiro atoms. The summed E-state index contributed by atoms with van der Waals surface area (Å²) < 4.78 is 1.47. The molecule has 0 fully saturated rings. The van der Waals surface area contributed by atoms with Crippen molar-refractivity contribution in [2.45, 2.75) is 0 Å². The molecule has 0 saturated heterocycles. The summed E-state index contributed by atoms with van der Waals surface area (Å²) in [5, 5.41) is 12.6. The first-order valence-electron chi connectivity index (χ1n) is 4.16. The van der Waals surface area contributed by atoms with E-state index < -0.39 is 5.97 Å². The zero-order valence-electron chi connectivity index (χ0n) is 7.66. The average molecular weight is 204 g/mol. The Bertz CT molecular complexity index is 493. The molecule has 1 aromatic carbocycles. The number of nitrogens with zero attached hydrogens (tertiary/aromatic N) is 3. The predicted octanol–water partition coefficient (Wildman–Crippen LogP) is 0.548. The van der Waals surface area contributed by atoms with Crippen molar-refractivity contribution < 1.29 is 9.90 Å². The van der Waals surface area contributed by atoms with Crippen molar-refractivity contribution in [3.05, 3.63) is 36.4 Å². The zero-order chi connectivity index (χ0) is 10.8. The van der Waals surface area contributed by atoms with Crippen LogP contribution in [0.4, 0.5) is 5.69 Å². The number of carbonyl (C=O) groups is 1. The Kier molecular flexibility index (Phi) is 2.09. The Hall–Kier alpha value is -2.37. The lowest BCUT2D eigenvalue weighted by atomic mass is 10.2. The Morgan fingerprint density at radius 1 is 1.47 bits per heavy atom. The average Bonchev–Trinajstić information content (AvgIpc) is 2.70. The summed E-state index contributed by atoms with van der Waals surface area (Å²) in [4.78, 5) is 14.4. The molecule has 15 heavy (non-hydrogen) atoms. The second kappa shape index (κ2) is 3.41. The maximum Gasteiger partial charge on any atom is 0.335 e. The second-order valence-electron chi connectivity index (χ2n) is 2.92. The van der Waals surface area contributed by atoms with Crippen molar-refractivity contribution >= 4 is 11.7 Å². The molecule has 6 heteroatoms. The fourth-order valence-electron chi connectivity index (χ4n) is 1.23. The van der Waals surface area contributed by atoms with E-state index in [1.54, 1.807) is 6.07 Å². The molecule has 76 valence electrons. The van der Waals surface area contributed by atoms with Gasteiger partial charge < -0.3 is 10.8 Å². The number of nitrogen functional groups attached to an aromatic ring is 1. The number of hydrogen-bond donors (Lipinski definition) is 2. The molecule has 3 N–H and O–H groups in total. The van der Waals surface area contributed by atoms with Gasteiger partial charge in [0, 0.05) is 0 Å². The number of carboxylic acids is 1. The van der Waals surface area contributed by atoms with Gasteiger partial charge in [0.2, 0.25) is 0 Å². The second-order valence-corrected chi connectivity index (χ2v) is 2.92. The summed E-state index contributed by atoms with van der Waals surface area (Å²) in [7, 11) is 0. The third kappa shape index (κ3) is 1.64. The molecule has 0 aliphatic carbocycles. The summed E-state index contributed by atoms with van der Waals surface area (Å²) in [5.41, 5.74) is 6.80. The number of carboxylic acid groups (broad SMARTS) is 1. The molecule has 0 unspecified atom stereocenters. The minimum atomic E-state index is -1.01. The summed E-state index contributed by atoms with van der Waals surface area (Å²) in [6.45, 7) is 0. The molecule has 0 saturated carbocycles. The smallest absolute Gasteiger partial charge is 0.335 e. The first-order chi connectivity index (χ1) is 7.18. The van der Waals surface area contributed by atoms with Gasteiger partial charge in [0.15, 0.2) is 0 Å². The number of aromatic carboxylic acids is 1. The lowest BCUT2D eigenvalue weighted by Gasteiger charge is -2.05. The van der Waals surface area contributed by atoms with Gasteiger partial charge in [0.25, 0.3) is 0 Å². The van der Waals surface area contributed by atoms with Crippen LogP contribution in [0, 0.1) is 0 Å². The van der Waals surface area contributed by atoms with E-state index in [9.17, 15) is 4.79 Å². The van der Waals surface area contributed by atoms with E-state index in [0.717, 1.165) is 0 Å². The van der Waals surface area contributed by atoms with E-state index >= 15 is 0 Å². The molecule has 0 amide bonds. The van der Waals surface area contributed by atoms with Crippen LogP contribution >= 0.6 is 0 Å². The van der Waals surface area contributed by atoms with Crippen LogP contribution in [0.2, 0.25) is 0 Å². The molecule has 1 aromatic heterocycles. The van der Waals surface area contributed by atoms with Crippen LogP contribution in [0.5, 0.6) is 0 Å². The van der Waals surface area contributed by atoms with Gasteiger partial charge in [-0.05, 0) is 18.2 Å². The Labute approximate surface area is 85.0 Å². The highest BCUT2D eigenvalue weighted by molar-refractivity contribution is 5.89. The molecule has 0 aliphatic rings. The van der Waals surface area contributed by atoms with Crippen molar-refractivity contribution in [2.75, 3.05) is 5.73 Å². The molecule has 0 aliphatic heterocycles. The number of hydrogen-bond acceptors (Lipinski definition) is 4. The van der Waals surface area contributed by atoms with Crippen molar-refractivity contribution in [3.63, 3.8) is 0 Å². The van der Waals surface area contributed by atoms with Crippen molar-refractivity contribution in [1.29, 1.82) is 0 Å². The lowest BCUT2D eigenvalue weighted by molar-refractivity contribution is 0.0697. The largest absolute Gasteiger partial charge is 0.478 e. The topological polar surface area (TPSA) is 94.0 Å². The Morgan fingerprint density at radius 2 is 2.27 bits per heavy atom. The van der Waals surface area contributed by atoms with Gasteiger partial charge in [-0.1, -0.05) is 0 Å². The summed E-state index contributed by atoms with van der Waals surface area (Å²) in [5.74, 6) is -1.01. The number of rotatable bonds is 2. The zero-order valence-corrected chi connectivity index (χ0v) is 7.66. The van der Waals surface area contributed by atoms with Gasteiger partial charge in [-0.25, -0.2) is 14.5 Å². The van der Waals surface area contributed by atoms with Crippen LogP contribution in [0.1, 0.15) is 10.4 Å². The molecule has 1 heterocycles. The monoisotopic (exact) mass is 204 g/mol. The van der Waals surface area contributed by atoms with Crippen molar-refractivity contribution in [2.24, 2.45) is 0 Å². The quantitative estimate of drug-likeness (QED) is 0.696. The van der Waals surface area contributed by atoms with Gasteiger partial charge in [-0.15, -0.1) is 0 Å². The normalized spacial score (nSPS) is 10.1. The van der Waals surface area contributed by atoms with E-state index in [4.69, 9.17) is 10.8 Å². The SMILES string of the molecule is Nc1cc(C(=O)O)ccc1-n1cncn1. The van der Waals surface area contributed by atoms with Gasteiger partial charge in [-0.3, -0.25) is 0 Å². The fourth-order valence-corrected chi connectivity index (χ4v) is 1.23. The van der Waals surface area contributed by atoms with E-state index in [1.807, 2.05) is 0 Å². The number of benzene rings is 1. The summed E-state index contributed by atoms with van der Waals surface area (Å²) in [6, 6.07) is 4.45. The highest BCUT2D eigenvalue weighted by atomic mass is 16.4. The first kappa shape index (κ1) is 9.20. The van der Waals surface area contributed by atoms with E-state index in [2.05, 4.69) is 10.1 Å². The Morgan fingerprint density at radius 3 is 2.80 bits per heavy atom. The van der Waals surface area contributed by atoms with Gasteiger partial charge in [0.1, 0.15) is 12.7 Å². The third-order valence-electron chi connectivity index (χ3n) is 1.94. The van der Waals surface area contributed by atoms with Gasteiger partial charge in [-0.2, -0.15) is 5.10 Å². The minimum Gasteiger partial charge on any atom is -0.478 e. The third-order valence-corrected chi connectivity index (χ3v) is 1.94. The molecule has 6 nitrogen and oxygen atoms in total. The molecular formula is C9H8N4O2. The van der Waals surface area contributed by atoms with E-state index in [-0.39, 0.29) is 5.56 Å². The summed E-state index contributed by atoms with van der Waals surface area (Å²) in [6.07, 6.45) is 2.87. The number of nitrogens with two attached hydrogens (primary N) is 1. The van der Waals surface area contributed by atoms with E-state index in [1.165, 1.54) is 29.5 Å². The molecule has 0 radical (unpaired) electrons. The van der Waals surface area contributed by atoms with Crippen LogP contribution in [0.15, 0.2) is 30.9 Å². The van der Waals surface area contributed by atoms with Crippen LogP contribution in [-0.2, 0) is 0 Å². The van der Waals surface area contributed by atoms with Crippen LogP contribution in [0.25, 0.3) is 5.69 Å². The fraction of sp³-hybridized carbons (Fsp3) is 0. The highest BCUT2D eigenvalue weighted by Crippen LogP contribution is 2.17. The Balaban J connectivity index is 2.48. The minimum absolute atomic E-state index is 0.149. The van der Waals surface area contributed by atoms with E-state index in [0.29, 0.717) is 11.4 Å². The van der Waals surface area contributed by atoms with Crippen molar-refractivity contribution in [3.8, 4) is 5.69 Å². The maximum absolute atomic E-state index is 10.7. The number of anilines is 1. The molecular weight excluding hydrogens is 196 g/mol. The highest BCUT2D eigenvalue weighted by Gasteiger charge is 2.07. The molecule has 2 rings (SSSR count). The van der Waals surface area contributed by atoms with Gasteiger partial charge >= 0.3 is 5.97 Å². The first-order valence-corrected chi connectivity index (χ1v) is 4.16. The van der Waals surface area contributed by atoms with Crippen LogP contribution in [-0.4, -0.2) is 25.8 Å². The lowest BCUT2D eigenvalue weighted by Crippen LogP contribution is -2.03. The molecule has 0 atom stereocenters. The van der Waals surface area contributed by atoms with Crippen LogP contribution in [0.3, 0.4) is 0 Å². The summed E-state index contributed by atoms with van der Waals surface area (Å²) >= 11 is 0. The molecule has 0 bridgehead atoms. The standard InChI is InChI=1S/C9H8N4O2/c10-7-3-6(9(14)15)1-2-8(7)13-5-11-4-12-13/h1-5H,10H2,(H,14,15). The maximum atomic E-state index is 10.7. The molecule has 2 aromatic rings. The predicted molar refractivity (Wildman–Crippen MR) is 52.7 cm³/mol. The van der Waals surface area contributed by atoms with Crippen LogP contribution < -0.4 is 5.73 Å². The van der Waals surface area contributed by atoms with Crippen molar-refractivity contribution in [1.82, 2.24) is 14.8 Å². The number of aromatic nitrogens is 3.